The number of aromatic nitrogens is 3. The molecule has 0 bridgehead atoms. The van der Waals surface area contributed by atoms with Gasteiger partial charge < -0.3 is 9.47 Å². The number of ether oxygens (including phenoxy) is 2. The molecule has 3 aromatic rings. The van der Waals surface area contributed by atoms with Gasteiger partial charge >= 0.3 is 0 Å². The van der Waals surface area contributed by atoms with Crippen LogP contribution >= 0.6 is 15.9 Å². The van der Waals surface area contributed by atoms with Crippen LogP contribution in [-0.4, -0.2) is 35.3 Å². The first-order valence-electron chi connectivity index (χ1n) is 8.78. The van der Waals surface area contributed by atoms with Gasteiger partial charge in [0.2, 0.25) is 11.9 Å². The number of anilines is 1. The normalized spacial score (nSPS) is 14.4. The fraction of sp³-hybridized carbons (Fsp3) is 0.250. The number of aromatic amines is 1. The van der Waals surface area contributed by atoms with Crippen LogP contribution in [0.15, 0.2) is 46.9 Å². The molecule has 1 aliphatic rings. The number of hydrogen-bond donors (Lipinski definition) is 2. The number of rotatable bonds is 6. The van der Waals surface area contributed by atoms with E-state index >= 15 is 0 Å². The lowest BCUT2D eigenvalue weighted by molar-refractivity contribution is -0.118. The van der Waals surface area contributed by atoms with Crippen molar-refractivity contribution in [2.45, 2.75) is 18.3 Å². The second-order valence-electron chi connectivity index (χ2n) is 6.62. The Hall–Kier alpha value is -2.87. The van der Waals surface area contributed by atoms with E-state index in [1.54, 1.807) is 20.3 Å². The van der Waals surface area contributed by atoms with Gasteiger partial charge in [-0.05, 0) is 42.7 Å². The van der Waals surface area contributed by atoms with Gasteiger partial charge in [-0.1, -0.05) is 28.1 Å². The SMILES string of the molecule is COc1ccc(-c2nc(NC(=O)C3(c4cccc(Br)c4)CC3)n[nH]2)c(OC)c1. The second-order valence-corrected chi connectivity index (χ2v) is 7.54. The zero-order valence-corrected chi connectivity index (χ0v) is 17.0. The van der Waals surface area contributed by atoms with Crippen molar-refractivity contribution in [1.29, 1.82) is 0 Å². The maximum Gasteiger partial charge on any atom is 0.249 e. The monoisotopic (exact) mass is 442 g/mol. The maximum absolute atomic E-state index is 12.9. The van der Waals surface area contributed by atoms with Gasteiger partial charge in [-0.25, -0.2) is 0 Å². The van der Waals surface area contributed by atoms with Crippen LogP contribution in [0.4, 0.5) is 5.95 Å². The summed E-state index contributed by atoms with van der Waals surface area (Å²) in [5, 5.41) is 9.83. The molecule has 1 aliphatic carbocycles. The van der Waals surface area contributed by atoms with E-state index in [-0.39, 0.29) is 11.9 Å². The molecular formula is C20H19BrN4O3. The summed E-state index contributed by atoms with van der Waals surface area (Å²) in [5.41, 5.74) is 1.21. The topological polar surface area (TPSA) is 89.1 Å². The summed E-state index contributed by atoms with van der Waals surface area (Å²) in [6, 6.07) is 13.2. The third-order valence-corrected chi connectivity index (χ3v) is 5.43. The van der Waals surface area contributed by atoms with Crippen molar-refractivity contribution < 1.29 is 14.3 Å². The Morgan fingerprint density at radius 2 is 2.00 bits per heavy atom. The number of nitrogens with zero attached hydrogens (tertiary/aromatic N) is 2. The molecule has 0 spiro atoms. The Balaban J connectivity index is 1.55. The van der Waals surface area contributed by atoms with Gasteiger partial charge in [-0.3, -0.25) is 15.2 Å². The van der Waals surface area contributed by atoms with E-state index in [1.165, 1.54) is 0 Å². The number of nitrogens with one attached hydrogen (secondary N) is 2. The summed E-state index contributed by atoms with van der Waals surface area (Å²) < 4.78 is 11.6. The summed E-state index contributed by atoms with van der Waals surface area (Å²) in [5.74, 6) is 1.92. The molecule has 1 aromatic heterocycles. The minimum atomic E-state index is -0.512. The van der Waals surface area contributed by atoms with Crippen molar-refractivity contribution >= 4 is 27.8 Å². The molecule has 0 atom stereocenters. The number of methoxy groups -OCH3 is 2. The van der Waals surface area contributed by atoms with E-state index in [0.717, 1.165) is 28.4 Å². The molecule has 1 heterocycles. The lowest BCUT2D eigenvalue weighted by Crippen LogP contribution is -2.28. The Morgan fingerprint density at radius 3 is 2.68 bits per heavy atom. The van der Waals surface area contributed by atoms with Crippen LogP contribution in [0.5, 0.6) is 11.5 Å². The number of halogens is 1. The Morgan fingerprint density at radius 1 is 1.18 bits per heavy atom. The van der Waals surface area contributed by atoms with Crippen molar-refractivity contribution in [2.24, 2.45) is 0 Å². The van der Waals surface area contributed by atoms with E-state index in [1.807, 2.05) is 36.4 Å². The summed E-state index contributed by atoms with van der Waals surface area (Å²) in [7, 11) is 3.17. The standard InChI is InChI=1S/C20H19BrN4O3/c1-27-14-6-7-15(16(11-14)28-2)17-22-19(25-24-17)23-18(26)20(8-9-20)12-4-3-5-13(21)10-12/h3-7,10-11H,8-9H2,1-2H3,(H2,22,23,24,25,26). The molecule has 2 aromatic carbocycles. The number of carbonyl (C=O) groups is 1. The van der Waals surface area contributed by atoms with Gasteiger partial charge in [-0.15, -0.1) is 5.10 Å². The van der Waals surface area contributed by atoms with E-state index in [0.29, 0.717) is 17.3 Å². The highest BCUT2D eigenvalue weighted by atomic mass is 79.9. The molecule has 0 saturated heterocycles. The first-order chi connectivity index (χ1) is 13.6. The molecule has 7 nitrogen and oxygen atoms in total. The van der Waals surface area contributed by atoms with Gasteiger partial charge in [0, 0.05) is 10.5 Å². The predicted molar refractivity (Wildman–Crippen MR) is 109 cm³/mol. The zero-order valence-electron chi connectivity index (χ0n) is 15.5. The Labute approximate surface area is 170 Å². The minimum absolute atomic E-state index is 0.0992. The third-order valence-electron chi connectivity index (χ3n) is 4.94. The van der Waals surface area contributed by atoms with Crippen molar-refractivity contribution in [3.8, 4) is 22.9 Å². The van der Waals surface area contributed by atoms with Crippen molar-refractivity contribution in [1.82, 2.24) is 15.2 Å². The molecule has 2 N–H and O–H groups in total. The molecule has 0 aliphatic heterocycles. The van der Waals surface area contributed by atoms with Gasteiger partial charge in [0.25, 0.3) is 0 Å². The molecular weight excluding hydrogens is 424 g/mol. The van der Waals surface area contributed by atoms with Crippen molar-refractivity contribution in [3.05, 3.63) is 52.5 Å². The van der Waals surface area contributed by atoms with Crippen LogP contribution in [0.3, 0.4) is 0 Å². The maximum atomic E-state index is 12.9. The van der Waals surface area contributed by atoms with Gasteiger partial charge in [0.05, 0.1) is 25.2 Å². The molecule has 1 amide bonds. The number of hydrogen-bond acceptors (Lipinski definition) is 5. The molecule has 1 saturated carbocycles. The molecule has 28 heavy (non-hydrogen) atoms. The summed E-state index contributed by atoms with van der Waals surface area (Å²) in [4.78, 5) is 17.3. The van der Waals surface area contributed by atoms with Crippen LogP contribution < -0.4 is 14.8 Å². The fourth-order valence-corrected chi connectivity index (χ4v) is 3.61. The predicted octanol–water partition coefficient (Wildman–Crippen LogP) is 3.92. The number of H-pyrrole nitrogens is 1. The van der Waals surface area contributed by atoms with Crippen LogP contribution in [0.25, 0.3) is 11.4 Å². The average molecular weight is 443 g/mol. The quantitative estimate of drug-likeness (QED) is 0.603. The highest BCUT2D eigenvalue weighted by Crippen LogP contribution is 2.49. The number of amides is 1. The van der Waals surface area contributed by atoms with Gasteiger partial charge in [-0.2, -0.15) is 4.98 Å². The smallest absolute Gasteiger partial charge is 0.249 e. The molecule has 0 unspecified atom stereocenters. The fourth-order valence-electron chi connectivity index (χ4n) is 3.21. The minimum Gasteiger partial charge on any atom is -0.497 e. The van der Waals surface area contributed by atoms with Gasteiger partial charge in [0.15, 0.2) is 5.82 Å². The van der Waals surface area contributed by atoms with E-state index in [4.69, 9.17) is 9.47 Å². The molecule has 4 rings (SSSR count). The largest absolute Gasteiger partial charge is 0.497 e. The van der Waals surface area contributed by atoms with E-state index < -0.39 is 5.41 Å². The summed E-state index contributed by atoms with van der Waals surface area (Å²) in [6.45, 7) is 0. The summed E-state index contributed by atoms with van der Waals surface area (Å²) in [6.07, 6.45) is 1.61. The molecule has 0 radical (unpaired) electrons. The average Bonchev–Trinajstić information content (AvgIpc) is 3.41. The van der Waals surface area contributed by atoms with Crippen LogP contribution in [0, 0.1) is 0 Å². The first-order valence-corrected chi connectivity index (χ1v) is 9.57. The zero-order chi connectivity index (χ0) is 19.7. The number of benzene rings is 2. The third kappa shape index (κ3) is 3.35. The lowest BCUT2D eigenvalue weighted by Gasteiger charge is -2.14. The molecule has 8 heteroatoms. The van der Waals surface area contributed by atoms with E-state index in [2.05, 4.69) is 36.4 Å². The van der Waals surface area contributed by atoms with Gasteiger partial charge in [0.1, 0.15) is 11.5 Å². The Kier molecular flexibility index (Phi) is 4.80. The molecule has 1 fully saturated rings. The highest BCUT2D eigenvalue weighted by molar-refractivity contribution is 9.10. The van der Waals surface area contributed by atoms with Crippen LogP contribution in [-0.2, 0) is 10.2 Å². The first kappa shape index (κ1) is 18.5. The second kappa shape index (κ2) is 7.27. The lowest BCUT2D eigenvalue weighted by atomic mass is 9.95. The van der Waals surface area contributed by atoms with Crippen LogP contribution in [0.1, 0.15) is 18.4 Å². The highest BCUT2D eigenvalue weighted by Gasteiger charge is 2.51. The van der Waals surface area contributed by atoms with E-state index in [9.17, 15) is 4.79 Å². The molecule has 144 valence electrons. The van der Waals surface area contributed by atoms with Crippen molar-refractivity contribution in [2.75, 3.05) is 19.5 Å². The summed E-state index contributed by atoms with van der Waals surface area (Å²) >= 11 is 3.47. The Bertz CT molecular complexity index is 1030. The van der Waals surface area contributed by atoms with Crippen LogP contribution in [0.2, 0.25) is 0 Å². The number of carbonyl (C=O) groups excluding carboxylic acids is 1. The van der Waals surface area contributed by atoms with Crippen molar-refractivity contribution in [3.63, 3.8) is 0 Å².